The zero-order chi connectivity index (χ0) is 19.5. The van der Waals surface area contributed by atoms with Crippen LogP contribution in [0.1, 0.15) is 5.56 Å². The quantitative estimate of drug-likeness (QED) is 0.727. The maximum Gasteiger partial charge on any atom is 0.272 e. The van der Waals surface area contributed by atoms with Crippen LogP contribution in [0.15, 0.2) is 36.8 Å². The Balaban J connectivity index is 1.73. The largest absolute Gasteiger partial charge is 0.486 e. The molecule has 0 aromatic carbocycles. The lowest BCUT2D eigenvalue weighted by molar-refractivity contribution is 0.0816. The van der Waals surface area contributed by atoms with Crippen LogP contribution in [0.2, 0.25) is 0 Å². The molecule has 7 nitrogen and oxygen atoms in total. The number of halogens is 2. The Bertz CT molecular complexity index is 1010. The van der Waals surface area contributed by atoms with Gasteiger partial charge in [0, 0.05) is 43.5 Å². The van der Waals surface area contributed by atoms with E-state index in [4.69, 9.17) is 4.74 Å². The fraction of sp³-hybridized carbons (Fsp3) is 0.316. The molecule has 1 aliphatic rings. The number of ether oxygens (including phenoxy) is 1. The minimum absolute atomic E-state index is 0.251. The molecule has 144 valence electrons. The molecule has 1 N–H and O–H groups in total. The van der Waals surface area contributed by atoms with Gasteiger partial charge in [0.15, 0.2) is 0 Å². The van der Waals surface area contributed by atoms with Crippen LogP contribution in [-0.4, -0.2) is 53.8 Å². The smallest absolute Gasteiger partial charge is 0.272 e. The Kier molecular flexibility index (Phi) is 5.04. The monoisotopic (exact) mass is 384 g/mol. The van der Waals surface area contributed by atoms with E-state index in [0.717, 1.165) is 37.6 Å². The molecule has 9 heteroatoms. The van der Waals surface area contributed by atoms with Crippen molar-refractivity contribution in [3.63, 3.8) is 0 Å². The van der Waals surface area contributed by atoms with E-state index in [9.17, 15) is 14.0 Å². The van der Waals surface area contributed by atoms with E-state index in [-0.39, 0.29) is 5.75 Å². The molecule has 0 saturated carbocycles. The summed E-state index contributed by atoms with van der Waals surface area (Å²) in [4.78, 5) is 6.75. The van der Waals surface area contributed by atoms with Gasteiger partial charge in [-0.2, -0.15) is 10.4 Å². The molecule has 3 aromatic heterocycles. The zero-order valence-corrected chi connectivity index (χ0v) is 15.0. The van der Waals surface area contributed by atoms with Gasteiger partial charge in [-0.05, 0) is 18.2 Å². The Hall–Kier alpha value is -3.25. The van der Waals surface area contributed by atoms with Crippen LogP contribution < -0.4 is 15.0 Å². The molecule has 0 radical (unpaired) electrons. The standard InChI is InChI=1S/C19H18F2N6O/c20-17(21)12-28-15-7-16(19-14(8-22)10-25-27(19)11-15)13-1-2-18(24-9-13)26-5-3-23-4-6-26/h1-2,7,9-11,17,23H,3-6,12H2. The number of fused-ring (bicyclic) bond motifs is 1. The second kappa shape index (κ2) is 7.78. The van der Waals surface area contributed by atoms with E-state index in [1.807, 2.05) is 12.1 Å². The van der Waals surface area contributed by atoms with Crippen LogP contribution in [0.3, 0.4) is 0 Å². The molecule has 1 fully saturated rings. The third kappa shape index (κ3) is 3.59. The molecule has 1 aliphatic heterocycles. The maximum atomic E-state index is 12.5. The molecule has 0 unspecified atom stereocenters. The first-order valence-corrected chi connectivity index (χ1v) is 8.90. The summed E-state index contributed by atoms with van der Waals surface area (Å²) in [6, 6.07) is 7.58. The van der Waals surface area contributed by atoms with Crippen LogP contribution in [-0.2, 0) is 0 Å². The fourth-order valence-electron chi connectivity index (χ4n) is 3.26. The Morgan fingerprint density at radius 3 is 2.75 bits per heavy atom. The van der Waals surface area contributed by atoms with Gasteiger partial charge in [0.1, 0.15) is 24.2 Å². The maximum absolute atomic E-state index is 12.5. The highest BCUT2D eigenvalue weighted by Gasteiger charge is 2.16. The van der Waals surface area contributed by atoms with Crippen molar-refractivity contribution in [1.82, 2.24) is 19.9 Å². The van der Waals surface area contributed by atoms with Crippen LogP contribution in [0.4, 0.5) is 14.6 Å². The first-order valence-electron chi connectivity index (χ1n) is 8.90. The van der Waals surface area contributed by atoms with Gasteiger partial charge >= 0.3 is 0 Å². The summed E-state index contributed by atoms with van der Waals surface area (Å²) in [7, 11) is 0. The van der Waals surface area contributed by atoms with E-state index >= 15 is 0 Å². The zero-order valence-electron chi connectivity index (χ0n) is 15.0. The van der Waals surface area contributed by atoms with E-state index in [1.54, 1.807) is 12.3 Å². The van der Waals surface area contributed by atoms with E-state index in [2.05, 4.69) is 26.4 Å². The number of piperazine rings is 1. The lowest BCUT2D eigenvalue weighted by Gasteiger charge is -2.28. The predicted molar refractivity (Wildman–Crippen MR) is 99.7 cm³/mol. The van der Waals surface area contributed by atoms with Gasteiger partial charge in [-0.25, -0.2) is 18.3 Å². The molecule has 0 spiro atoms. The van der Waals surface area contributed by atoms with Gasteiger partial charge in [0.25, 0.3) is 6.43 Å². The van der Waals surface area contributed by atoms with E-state index in [0.29, 0.717) is 16.6 Å². The van der Waals surface area contributed by atoms with E-state index in [1.165, 1.54) is 16.9 Å². The molecule has 28 heavy (non-hydrogen) atoms. The van der Waals surface area contributed by atoms with Gasteiger partial charge in [-0.15, -0.1) is 0 Å². The molecular weight excluding hydrogens is 366 g/mol. The number of hydrogen-bond acceptors (Lipinski definition) is 6. The Labute approximate surface area is 160 Å². The normalized spacial score (nSPS) is 14.4. The number of hydrogen-bond donors (Lipinski definition) is 1. The number of aromatic nitrogens is 3. The average molecular weight is 384 g/mol. The number of rotatable bonds is 5. The molecule has 4 heterocycles. The van der Waals surface area contributed by atoms with Crippen molar-refractivity contribution in [2.45, 2.75) is 6.43 Å². The third-order valence-electron chi connectivity index (χ3n) is 4.58. The molecular formula is C19H18F2N6O. The van der Waals surface area contributed by atoms with Crippen LogP contribution in [0.5, 0.6) is 5.75 Å². The van der Waals surface area contributed by atoms with Crippen molar-refractivity contribution in [2.75, 3.05) is 37.7 Å². The summed E-state index contributed by atoms with van der Waals surface area (Å²) >= 11 is 0. The summed E-state index contributed by atoms with van der Waals surface area (Å²) in [6.45, 7) is 2.88. The Morgan fingerprint density at radius 1 is 1.25 bits per heavy atom. The minimum atomic E-state index is -2.58. The molecule has 1 saturated heterocycles. The average Bonchev–Trinajstić information content (AvgIpc) is 3.15. The van der Waals surface area contributed by atoms with Crippen molar-refractivity contribution in [2.24, 2.45) is 0 Å². The first kappa shape index (κ1) is 18.1. The first-order chi connectivity index (χ1) is 13.7. The predicted octanol–water partition coefficient (Wildman–Crippen LogP) is 2.32. The van der Waals surface area contributed by atoms with Crippen molar-refractivity contribution in [3.05, 3.63) is 42.4 Å². The topological polar surface area (TPSA) is 78.5 Å². The highest BCUT2D eigenvalue weighted by molar-refractivity contribution is 5.85. The SMILES string of the molecule is N#Cc1cnn2cc(OCC(F)F)cc(-c3ccc(N4CCNCC4)nc3)c12. The highest BCUT2D eigenvalue weighted by Crippen LogP contribution is 2.31. The number of nitrogens with one attached hydrogen (secondary N) is 1. The summed E-state index contributed by atoms with van der Waals surface area (Å²) in [5, 5.41) is 16.8. The lowest BCUT2D eigenvalue weighted by Crippen LogP contribution is -2.43. The fourth-order valence-corrected chi connectivity index (χ4v) is 3.26. The van der Waals surface area contributed by atoms with Crippen molar-refractivity contribution >= 4 is 11.3 Å². The summed E-state index contributed by atoms with van der Waals surface area (Å²) in [5.41, 5.74) is 2.38. The van der Waals surface area contributed by atoms with Gasteiger partial charge in [-0.3, -0.25) is 0 Å². The molecule has 0 bridgehead atoms. The summed E-state index contributed by atoms with van der Waals surface area (Å²) < 4.78 is 31.7. The molecule has 0 atom stereocenters. The van der Waals surface area contributed by atoms with Crippen LogP contribution >= 0.6 is 0 Å². The molecule has 3 aromatic rings. The van der Waals surface area contributed by atoms with Crippen molar-refractivity contribution < 1.29 is 13.5 Å². The minimum Gasteiger partial charge on any atom is -0.486 e. The van der Waals surface area contributed by atoms with Gasteiger partial charge in [0.05, 0.1) is 23.5 Å². The van der Waals surface area contributed by atoms with Gasteiger partial charge in [0.2, 0.25) is 0 Å². The van der Waals surface area contributed by atoms with Crippen LogP contribution in [0, 0.1) is 11.3 Å². The highest BCUT2D eigenvalue weighted by atomic mass is 19.3. The van der Waals surface area contributed by atoms with Gasteiger partial charge in [-0.1, -0.05) is 0 Å². The third-order valence-corrected chi connectivity index (χ3v) is 4.58. The number of pyridine rings is 2. The van der Waals surface area contributed by atoms with Gasteiger partial charge < -0.3 is 15.0 Å². The van der Waals surface area contributed by atoms with Crippen molar-refractivity contribution in [1.29, 1.82) is 5.26 Å². The second-order valence-electron chi connectivity index (χ2n) is 6.40. The Morgan fingerprint density at radius 2 is 2.07 bits per heavy atom. The number of anilines is 1. The van der Waals surface area contributed by atoms with Crippen molar-refractivity contribution in [3.8, 4) is 22.9 Å². The lowest BCUT2D eigenvalue weighted by atomic mass is 10.1. The number of alkyl halides is 2. The molecule has 0 amide bonds. The van der Waals surface area contributed by atoms with E-state index < -0.39 is 13.0 Å². The van der Waals surface area contributed by atoms with Crippen LogP contribution in [0.25, 0.3) is 16.6 Å². The summed E-state index contributed by atoms with van der Waals surface area (Å²) in [6.07, 6.45) is 2.08. The number of nitrogens with zero attached hydrogens (tertiary/aromatic N) is 5. The molecule has 4 rings (SSSR count). The number of nitriles is 1. The molecule has 0 aliphatic carbocycles. The second-order valence-corrected chi connectivity index (χ2v) is 6.40. The summed E-state index contributed by atoms with van der Waals surface area (Å²) in [5.74, 6) is 1.13.